The zero-order valence-electron chi connectivity index (χ0n) is 16.6. The predicted octanol–water partition coefficient (Wildman–Crippen LogP) is 4.04. The summed E-state index contributed by atoms with van der Waals surface area (Å²) < 4.78 is 45.2. The van der Waals surface area contributed by atoms with Gasteiger partial charge >= 0.3 is 6.18 Å². The smallest absolute Gasteiger partial charge is 0.418 e. The first-order valence-corrected chi connectivity index (χ1v) is 9.02. The molecule has 1 aromatic heterocycles. The second kappa shape index (κ2) is 9.02. The maximum absolute atomic E-state index is 13.4. The van der Waals surface area contributed by atoms with Crippen molar-refractivity contribution in [2.45, 2.75) is 33.4 Å². The highest BCUT2D eigenvalue weighted by Gasteiger charge is 2.34. The molecule has 0 fully saturated rings. The van der Waals surface area contributed by atoms with Gasteiger partial charge in [-0.15, -0.1) is 0 Å². The van der Waals surface area contributed by atoms with E-state index in [0.29, 0.717) is 0 Å². The molecular formula is C20H22F3N3O4. The third kappa shape index (κ3) is 6.36. The third-order valence-corrected chi connectivity index (χ3v) is 3.92. The normalized spacial score (nSPS) is 11.7. The zero-order valence-corrected chi connectivity index (χ0v) is 16.6. The van der Waals surface area contributed by atoms with Gasteiger partial charge in [-0.3, -0.25) is 14.4 Å². The summed E-state index contributed by atoms with van der Waals surface area (Å²) in [7, 11) is 0. The summed E-state index contributed by atoms with van der Waals surface area (Å²) in [5.74, 6) is -1.73. The van der Waals surface area contributed by atoms with E-state index in [-0.39, 0.29) is 30.3 Å². The molecule has 10 heteroatoms. The lowest BCUT2D eigenvalue weighted by Crippen LogP contribution is -2.36. The summed E-state index contributed by atoms with van der Waals surface area (Å²) in [4.78, 5) is 35.7. The summed E-state index contributed by atoms with van der Waals surface area (Å²) in [6.07, 6.45) is -3.71. The number of amides is 3. The minimum absolute atomic E-state index is 0.0133. The maximum atomic E-state index is 13.4. The van der Waals surface area contributed by atoms with Crippen molar-refractivity contribution in [1.82, 2.24) is 5.32 Å². The molecule has 0 radical (unpaired) electrons. The van der Waals surface area contributed by atoms with Crippen molar-refractivity contribution in [2.75, 3.05) is 17.2 Å². The second-order valence-corrected chi connectivity index (χ2v) is 7.49. The van der Waals surface area contributed by atoms with Gasteiger partial charge in [0.2, 0.25) is 11.8 Å². The van der Waals surface area contributed by atoms with E-state index in [1.807, 2.05) is 0 Å². The van der Waals surface area contributed by atoms with Crippen molar-refractivity contribution in [3.8, 4) is 0 Å². The Balaban J connectivity index is 2.07. The molecule has 0 bridgehead atoms. The Morgan fingerprint density at radius 2 is 1.73 bits per heavy atom. The minimum Gasteiger partial charge on any atom is -0.459 e. The fourth-order valence-corrected chi connectivity index (χ4v) is 2.33. The number of hydrogen-bond donors (Lipinski definition) is 3. The zero-order chi connectivity index (χ0) is 22.5. The topological polar surface area (TPSA) is 100 Å². The van der Waals surface area contributed by atoms with Gasteiger partial charge in [-0.05, 0) is 30.3 Å². The van der Waals surface area contributed by atoms with Crippen LogP contribution in [0.3, 0.4) is 0 Å². The van der Waals surface area contributed by atoms with Crippen molar-refractivity contribution in [2.24, 2.45) is 5.41 Å². The van der Waals surface area contributed by atoms with Crippen LogP contribution in [0.25, 0.3) is 0 Å². The maximum Gasteiger partial charge on any atom is 0.418 e. The molecule has 0 saturated carbocycles. The van der Waals surface area contributed by atoms with Crippen LogP contribution in [-0.4, -0.2) is 24.3 Å². The Labute approximate surface area is 171 Å². The molecule has 0 aliphatic carbocycles. The molecule has 0 spiro atoms. The van der Waals surface area contributed by atoms with Gasteiger partial charge in [0.05, 0.1) is 17.5 Å². The summed E-state index contributed by atoms with van der Waals surface area (Å²) in [6, 6.07) is 5.84. The molecule has 162 valence electrons. The Morgan fingerprint density at radius 3 is 2.30 bits per heavy atom. The lowest BCUT2D eigenvalue weighted by atomic mass is 9.96. The van der Waals surface area contributed by atoms with Crippen LogP contribution in [0.4, 0.5) is 24.5 Å². The molecule has 30 heavy (non-hydrogen) atoms. The van der Waals surface area contributed by atoms with E-state index in [9.17, 15) is 27.6 Å². The molecule has 0 saturated heterocycles. The van der Waals surface area contributed by atoms with Gasteiger partial charge in [0.15, 0.2) is 5.76 Å². The number of rotatable bonds is 6. The summed E-state index contributed by atoms with van der Waals surface area (Å²) >= 11 is 0. The van der Waals surface area contributed by atoms with Crippen LogP contribution < -0.4 is 16.0 Å². The molecular weight excluding hydrogens is 403 g/mol. The van der Waals surface area contributed by atoms with Crippen LogP contribution in [0.1, 0.15) is 43.3 Å². The highest BCUT2D eigenvalue weighted by Crippen LogP contribution is 2.36. The molecule has 0 unspecified atom stereocenters. The van der Waals surface area contributed by atoms with E-state index in [1.165, 1.54) is 24.5 Å². The SMILES string of the molecule is CC(C)(C)C(=O)NCCC(=O)Nc1ccc(NC(=O)c2ccco2)cc1C(F)(F)F. The highest BCUT2D eigenvalue weighted by atomic mass is 19.4. The molecule has 1 aromatic carbocycles. The van der Waals surface area contributed by atoms with Crippen LogP contribution in [0.2, 0.25) is 0 Å². The van der Waals surface area contributed by atoms with E-state index in [1.54, 1.807) is 20.8 Å². The van der Waals surface area contributed by atoms with Gasteiger partial charge in [0.25, 0.3) is 5.91 Å². The minimum atomic E-state index is -4.77. The van der Waals surface area contributed by atoms with Crippen molar-refractivity contribution in [1.29, 1.82) is 0 Å². The molecule has 7 nitrogen and oxygen atoms in total. The molecule has 0 aliphatic heterocycles. The number of anilines is 2. The molecule has 2 aromatic rings. The Kier molecular flexibility index (Phi) is 6.91. The van der Waals surface area contributed by atoms with E-state index >= 15 is 0 Å². The number of alkyl halides is 3. The van der Waals surface area contributed by atoms with Crippen LogP contribution in [0, 0.1) is 5.41 Å². The van der Waals surface area contributed by atoms with Gasteiger partial charge in [0, 0.05) is 24.1 Å². The van der Waals surface area contributed by atoms with E-state index in [0.717, 1.165) is 12.1 Å². The summed E-state index contributed by atoms with van der Waals surface area (Å²) in [5, 5.41) is 7.05. The lowest BCUT2D eigenvalue weighted by Gasteiger charge is -2.18. The van der Waals surface area contributed by atoms with Crippen LogP contribution in [0.15, 0.2) is 41.0 Å². The van der Waals surface area contributed by atoms with Gasteiger partial charge in [0.1, 0.15) is 0 Å². The number of halogens is 3. The fourth-order valence-electron chi connectivity index (χ4n) is 2.33. The fraction of sp³-hybridized carbons (Fsp3) is 0.350. The Morgan fingerprint density at radius 1 is 1.03 bits per heavy atom. The van der Waals surface area contributed by atoms with Crippen LogP contribution >= 0.6 is 0 Å². The lowest BCUT2D eigenvalue weighted by molar-refractivity contribution is -0.137. The van der Waals surface area contributed by atoms with Crippen LogP contribution in [0.5, 0.6) is 0 Å². The average Bonchev–Trinajstić information content (AvgIpc) is 3.16. The molecule has 0 aliphatic rings. The largest absolute Gasteiger partial charge is 0.459 e. The quantitative estimate of drug-likeness (QED) is 0.650. The predicted molar refractivity (Wildman–Crippen MR) is 104 cm³/mol. The van der Waals surface area contributed by atoms with E-state index < -0.39 is 34.7 Å². The first-order chi connectivity index (χ1) is 13.9. The summed E-state index contributed by atoms with van der Waals surface area (Å²) in [5.41, 5.74) is -2.33. The average molecular weight is 425 g/mol. The van der Waals surface area contributed by atoms with Gasteiger partial charge in [-0.2, -0.15) is 13.2 Å². The standard InChI is InChI=1S/C20H22F3N3O4/c1-19(2,3)18(29)24-9-8-16(27)26-14-7-6-12(11-13(14)20(21,22)23)25-17(28)15-5-4-10-30-15/h4-7,10-11H,8-9H2,1-3H3,(H,24,29)(H,25,28)(H,26,27). The van der Waals surface area contributed by atoms with E-state index in [4.69, 9.17) is 4.42 Å². The molecule has 0 atom stereocenters. The molecule has 3 N–H and O–H groups in total. The Hall–Kier alpha value is -3.30. The molecule has 1 heterocycles. The number of benzene rings is 1. The van der Waals surface area contributed by atoms with Crippen LogP contribution in [-0.2, 0) is 15.8 Å². The first-order valence-electron chi connectivity index (χ1n) is 9.02. The van der Waals surface area contributed by atoms with Gasteiger partial charge in [-0.1, -0.05) is 20.8 Å². The number of hydrogen-bond acceptors (Lipinski definition) is 4. The second-order valence-electron chi connectivity index (χ2n) is 7.49. The number of carbonyl (C=O) groups excluding carboxylic acids is 3. The number of carbonyl (C=O) groups is 3. The van der Waals surface area contributed by atoms with Crippen molar-refractivity contribution in [3.05, 3.63) is 47.9 Å². The monoisotopic (exact) mass is 425 g/mol. The van der Waals surface area contributed by atoms with Crippen molar-refractivity contribution < 1.29 is 32.0 Å². The number of furan rings is 1. The highest BCUT2D eigenvalue weighted by molar-refractivity contribution is 6.02. The first kappa shape index (κ1) is 23.0. The van der Waals surface area contributed by atoms with E-state index in [2.05, 4.69) is 16.0 Å². The molecule has 2 rings (SSSR count). The van der Waals surface area contributed by atoms with Crippen molar-refractivity contribution >= 4 is 29.1 Å². The summed E-state index contributed by atoms with van der Waals surface area (Å²) in [6.45, 7) is 5.08. The number of nitrogens with one attached hydrogen (secondary N) is 3. The van der Waals surface area contributed by atoms with Gasteiger partial charge < -0.3 is 20.4 Å². The molecule has 3 amide bonds. The van der Waals surface area contributed by atoms with Crippen molar-refractivity contribution in [3.63, 3.8) is 0 Å². The third-order valence-electron chi connectivity index (χ3n) is 3.92. The van der Waals surface area contributed by atoms with Gasteiger partial charge in [-0.25, -0.2) is 0 Å². The Bertz CT molecular complexity index is 916.